The number of pyridine rings is 1. The summed E-state index contributed by atoms with van der Waals surface area (Å²) in [7, 11) is 1.55. The minimum atomic E-state index is -3.35. The van der Waals surface area contributed by atoms with Crippen LogP contribution in [-0.2, 0) is 17.1 Å². The lowest BCUT2D eigenvalue weighted by molar-refractivity contribution is -0.119. The predicted molar refractivity (Wildman–Crippen MR) is 91.9 cm³/mol. The fourth-order valence-corrected chi connectivity index (χ4v) is 3.11. The predicted octanol–water partition coefficient (Wildman–Crippen LogP) is 3.56. The van der Waals surface area contributed by atoms with Gasteiger partial charge >= 0.3 is 0 Å². The number of alkyl halides is 2. The lowest BCUT2D eigenvalue weighted by Gasteiger charge is -2.25. The lowest BCUT2D eigenvalue weighted by atomic mass is 9.84. The van der Waals surface area contributed by atoms with Crippen molar-refractivity contribution in [2.24, 2.45) is 4.99 Å². The molecule has 0 saturated heterocycles. The molecule has 26 heavy (non-hydrogen) atoms. The highest BCUT2D eigenvalue weighted by molar-refractivity contribution is 6.11. The van der Waals surface area contributed by atoms with Crippen LogP contribution in [0.4, 0.5) is 13.2 Å². The number of hydrogen-bond acceptors (Lipinski definition) is 3. The average molecular weight is 361 g/mol. The van der Waals surface area contributed by atoms with Gasteiger partial charge in [0.15, 0.2) is 0 Å². The summed E-state index contributed by atoms with van der Waals surface area (Å²) in [6, 6.07) is 7.57. The molecule has 1 unspecified atom stereocenters. The first-order valence-electron chi connectivity index (χ1n) is 8.23. The Hall–Kier alpha value is -2.70. The minimum absolute atomic E-state index is 0.184. The van der Waals surface area contributed by atoms with Crippen molar-refractivity contribution in [1.29, 1.82) is 0 Å². The van der Waals surface area contributed by atoms with Gasteiger partial charge < -0.3 is 5.32 Å². The molecule has 0 aliphatic carbocycles. The molecule has 0 radical (unpaired) electrons. The number of fused-ring (bicyclic) bond motifs is 1. The van der Waals surface area contributed by atoms with Gasteiger partial charge in [0.2, 0.25) is 0 Å². The standard InChI is InChI=1S/C19H18F3N3O/c1-19(21,22)15-9-13-12(7-6-11-5-3-4-8-24-11)18(26)25-17(23-2)14(13)10-16(15)20/h3-5,8-10,12H,6-7H2,1-2H3,(H,23,25,26). The number of aliphatic imine (C=N–C) groups is 1. The molecule has 1 amide bonds. The number of amides is 1. The van der Waals surface area contributed by atoms with Gasteiger partial charge in [0.1, 0.15) is 11.7 Å². The summed E-state index contributed by atoms with van der Waals surface area (Å²) in [5.41, 5.74) is 0.768. The molecule has 1 N–H and O–H groups in total. The molecular weight excluding hydrogens is 343 g/mol. The van der Waals surface area contributed by atoms with Crippen LogP contribution in [0.15, 0.2) is 41.5 Å². The van der Waals surface area contributed by atoms with Crippen LogP contribution < -0.4 is 5.32 Å². The summed E-state index contributed by atoms with van der Waals surface area (Å²) >= 11 is 0. The Morgan fingerprint density at radius 1 is 1.27 bits per heavy atom. The third-order valence-electron chi connectivity index (χ3n) is 4.41. The molecule has 2 heterocycles. The van der Waals surface area contributed by atoms with Crippen molar-refractivity contribution in [3.05, 3.63) is 64.7 Å². The molecule has 1 aromatic carbocycles. The first-order chi connectivity index (χ1) is 12.3. The van der Waals surface area contributed by atoms with Gasteiger partial charge in [0, 0.05) is 31.4 Å². The number of halogens is 3. The zero-order valence-corrected chi connectivity index (χ0v) is 14.4. The fourth-order valence-electron chi connectivity index (χ4n) is 3.11. The van der Waals surface area contributed by atoms with Crippen LogP contribution in [0, 0.1) is 5.82 Å². The van der Waals surface area contributed by atoms with Gasteiger partial charge in [0.05, 0.1) is 11.5 Å². The zero-order valence-electron chi connectivity index (χ0n) is 14.4. The number of carbonyl (C=O) groups is 1. The van der Waals surface area contributed by atoms with Crippen molar-refractivity contribution in [2.45, 2.75) is 31.6 Å². The molecule has 3 rings (SSSR count). The van der Waals surface area contributed by atoms with Crippen LogP contribution in [0.1, 0.15) is 41.6 Å². The molecule has 136 valence electrons. The molecule has 0 spiro atoms. The van der Waals surface area contributed by atoms with Crippen LogP contribution in [-0.4, -0.2) is 23.8 Å². The largest absolute Gasteiger partial charge is 0.373 e. The number of nitrogens with one attached hydrogen (secondary N) is 1. The molecular formula is C19H18F3N3O. The maximum Gasteiger partial charge on any atom is 0.273 e. The van der Waals surface area contributed by atoms with Crippen LogP contribution in [0.25, 0.3) is 0 Å². The molecule has 0 fully saturated rings. The Morgan fingerprint density at radius 2 is 2.04 bits per heavy atom. The number of nitrogens with zero attached hydrogens (tertiary/aromatic N) is 2. The van der Waals surface area contributed by atoms with Gasteiger partial charge in [-0.05, 0) is 42.7 Å². The fraction of sp³-hybridized carbons (Fsp3) is 0.316. The summed E-state index contributed by atoms with van der Waals surface area (Å²) < 4.78 is 41.7. The van der Waals surface area contributed by atoms with Crippen molar-refractivity contribution in [2.75, 3.05) is 7.05 Å². The molecule has 1 aromatic heterocycles. The maximum absolute atomic E-state index is 14.2. The Morgan fingerprint density at radius 3 is 2.65 bits per heavy atom. The van der Waals surface area contributed by atoms with Crippen molar-refractivity contribution >= 4 is 11.7 Å². The van der Waals surface area contributed by atoms with E-state index in [1.54, 1.807) is 19.3 Å². The quantitative estimate of drug-likeness (QED) is 0.906. The highest BCUT2D eigenvalue weighted by Gasteiger charge is 2.35. The van der Waals surface area contributed by atoms with E-state index in [0.717, 1.165) is 17.8 Å². The third kappa shape index (κ3) is 3.47. The van der Waals surface area contributed by atoms with Crippen molar-refractivity contribution in [3.8, 4) is 0 Å². The first kappa shape index (κ1) is 18.1. The van der Waals surface area contributed by atoms with E-state index in [1.165, 1.54) is 0 Å². The van der Waals surface area contributed by atoms with Crippen molar-refractivity contribution in [3.63, 3.8) is 0 Å². The number of carbonyl (C=O) groups excluding carboxylic acids is 1. The Kier molecular flexibility index (Phi) is 4.80. The molecule has 1 aliphatic heterocycles. The molecule has 1 atom stereocenters. The van der Waals surface area contributed by atoms with Crippen LogP contribution >= 0.6 is 0 Å². The summed E-state index contributed by atoms with van der Waals surface area (Å²) in [5.74, 6) is -5.33. The van der Waals surface area contributed by atoms with E-state index < -0.39 is 29.1 Å². The normalized spacial score (nSPS) is 16.9. The Labute approximate surface area is 149 Å². The van der Waals surface area contributed by atoms with Gasteiger partial charge in [-0.15, -0.1) is 0 Å². The summed E-state index contributed by atoms with van der Waals surface area (Å²) in [4.78, 5) is 20.6. The Bertz CT molecular complexity index is 860. The molecule has 7 heteroatoms. The molecule has 0 bridgehead atoms. The van der Waals surface area contributed by atoms with E-state index in [-0.39, 0.29) is 5.84 Å². The number of aromatic nitrogens is 1. The molecule has 2 aromatic rings. The van der Waals surface area contributed by atoms with E-state index in [2.05, 4.69) is 15.3 Å². The zero-order chi connectivity index (χ0) is 18.9. The topological polar surface area (TPSA) is 54.4 Å². The minimum Gasteiger partial charge on any atom is -0.373 e. The van der Waals surface area contributed by atoms with Gasteiger partial charge in [-0.1, -0.05) is 6.07 Å². The van der Waals surface area contributed by atoms with E-state index in [4.69, 9.17) is 0 Å². The highest BCUT2D eigenvalue weighted by atomic mass is 19.3. The molecule has 1 aliphatic rings. The van der Waals surface area contributed by atoms with E-state index in [1.807, 2.05) is 12.1 Å². The summed E-state index contributed by atoms with van der Waals surface area (Å²) in [6.07, 6.45) is 2.48. The van der Waals surface area contributed by atoms with Crippen LogP contribution in [0.5, 0.6) is 0 Å². The maximum atomic E-state index is 14.2. The van der Waals surface area contributed by atoms with Gasteiger partial charge in [0.25, 0.3) is 11.8 Å². The van der Waals surface area contributed by atoms with Crippen molar-refractivity contribution in [1.82, 2.24) is 10.3 Å². The molecule has 0 saturated carbocycles. The van der Waals surface area contributed by atoms with Crippen molar-refractivity contribution < 1.29 is 18.0 Å². The average Bonchev–Trinajstić information content (AvgIpc) is 2.60. The second-order valence-electron chi connectivity index (χ2n) is 6.27. The molecule has 4 nitrogen and oxygen atoms in total. The number of rotatable bonds is 4. The van der Waals surface area contributed by atoms with Gasteiger partial charge in [-0.2, -0.15) is 4.99 Å². The van der Waals surface area contributed by atoms with Gasteiger partial charge in [-0.25, -0.2) is 13.2 Å². The second-order valence-corrected chi connectivity index (χ2v) is 6.27. The number of amidine groups is 1. The number of aryl methyl sites for hydroxylation is 1. The van der Waals surface area contributed by atoms with Gasteiger partial charge in [-0.3, -0.25) is 9.78 Å². The van der Waals surface area contributed by atoms with E-state index >= 15 is 0 Å². The highest BCUT2D eigenvalue weighted by Crippen LogP contribution is 2.37. The smallest absolute Gasteiger partial charge is 0.273 e. The summed E-state index contributed by atoms with van der Waals surface area (Å²) in [5, 5.41) is 2.73. The second kappa shape index (κ2) is 6.90. The van der Waals surface area contributed by atoms with E-state index in [9.17, 15) is 18.0 Å². The number of benzene rings is 1. The van der Waals surface area contributed by atoms with E-state index in [0.29, 0.717) is 30.9 Å². The monoisotopic (exact) mass is 361 g/mol. The van der Waals surface area contributed by atoms with Crippen LogP contribution in [0.3, 0.4) is 0 Å². The third-order valence-corrected chi connectivity index (χ3v) is 4.41. The Balaban J connectivity index is 2.02. The first-order valence-corrected chi connectivity index (χ1v) is 8.23. The lowest BCUT2D eigenvalue weighted by Crippen LogP contribution is -2.31. The summed E-state index contributed by atoms with van der Waals surface area (Å²) in [6.45, 7) is 0.637. The SMILES string of the molecule is CNC1=NC(=O)C(CCc2ccccn2)c2cc(C(C)(F)F)c(F)cc21. The van der Waals surface area contributed by atoms with Crippen LogP contribution in [0.2, 0.25) is 0 Å². The number of hydrogen-bond donors (Lipinski definition) is 1.